The van der Waals surface area contributed by atoms with Gasteiger partial charge in [0.25, 0.3) is 5.56 Å². The lowest BCUT2D eigenvalue weighted by atomic mass is 10.2. The van der Waals surface area contributed by atoms with E-state index in [1.807, 2.05) is 23.6 Å². The molecule has 0 aliphatic heterocycles. The van der Waals surface area contributed by atoms with Crippen molar-refractivity contribution in [1.82, 2.24) is 9.97 Å². The van der Waals surface area contributed by atoms with E-state index in [-0.39, 0.29) is 5.56 Å². The number of nitrogens with zero attached hydrogens (tertiary/aromatic N) is 1. The van der Waals surface area contributed by atoms with Gasteiger partial charge in [0.2, 0.25) is 0 Å². The number of fused-ring (bicyclic) bond motifs is 1. The first kappa shape index (κ1) is 16.6. The van der Waals surface area contributed by atoms with Crippen LogP contribution in [-0.4, -0.2) is 9.97 Å². The molecule has 3 heterocycles. The Kier molecular flexibility index (Phi) is 4.74. The van der Waals surface area contributed by atoms with E-state index in [0.717, 1.165) is 26.8 Å². The molecule has 3 nitrogen and oxygen atoms in total. The van der Waals surface area contributed by atoms with Gasteiger partial charge in [0, 0.05) is 26.5 Å². The van der Waals surface area contributed by atoms with Crippen LogP contribution in [0.25, 0.3) is 20.7 Å². The highest BCUT2D eigenvalue weighted by molar-refractivity contribution is 7.97. The van der Waals surface area contributed by atoms with Gasteiger partial charge in [-0.05, 0) is 24.6 Å². The largest absolute Gasteiger partial charge is 0.309 e. The van der Waals surface area contributed by atoms with Gasteiger partial charge in [0.05, 0.1) is 11.1 Å². The number of hydrogen-bond donors (Lipinski definition) is 1. The molecule has 25 heavy (non-hydrogen) atoms. The van der Waals surface area contributed by atoms with Crippen molar-refractivity contribution in [3.8, 4) is 10.4 Å². The predicted molar refractivity (Wildman–Crippen MR) is 110 cm³/mol. The summed E-state index contributed by atoms with van der Waals surface area (Å²) in [4.78, 5) is 23.4. The number of nitrogens with one attached hydrogen (secondary N) is 1. The van der Waals surface area contributed by atoms with E-state index in [1.54, 1.807) is 34.4 Å². The van der Waals surface area contributed by atoms with Gasteiger partial charge in [-0.25, -0.2) is 4.98 Å². The molecule has 0 bridgehead atoms. The molecule has 126 valence electrons. The molecular weight excluding hydrogens is 368 g/mol. The topological polar surface area (TPSA) is 45.8 Å². The molecule has 0 atom stereocenters. The summed E-state index contributed by atoms with van der Waals surface area (Å²) in [5, 5.41) is 2.75. The molecule has 0 fully saturated rings. The first-order valence-corrected chi connectivity index (χ1v) is 10.7. The zero-order chi connectivity index (χ0) is 17.2. The van der Waals surface area contributed by atoms with Crippen molar-refractivity contribution in [1.29, 1.82) is 0 Å². The number of thioether (sulfide) groups is 1. The Hall–Kier alpha value is -1.89. The number of aromatic amines is 1. The number of hydrogen-bond acceptors (Lipinski definition) is 5. The number of aryl methyl sites for hydroxylation is 1. The standard InChI is InChI=1S/C19H16N2OS3/c1-12-7-8-15(25-12)14-10-24-19-17(14)18(22)20-16(21-19)11-23-9-13-5-3-2-4-6-13/h2-8,10H,9,11H2,1H3,(H,20,21,22). The monoisotopic (exact) mass is 384 g/mol. The quantitative estimate of drug-likeness (QED) is 0.497. The average molecular weight is 385 g/mol. The van der Waals surface area contributed by atoms with Crippen molar-refractivity contribution in [3.05, 3.63) is 74.5 Å². The number of rotatable bonds is 5. The van der Waals surface area contributed by atoms with Gasteiger partial charge in [-0.3, -0.25) is 4.79 Å². The summed E-state index contributed by atoms with van der Waals surface area (Å²) in [7, 11) is 0. The number of aromatic nitrogens is 2. The van der Waals surface area contributed by atoms with Gasteiger partial charge >= 0.3 is 0 Å². The Labute approximate surface area is 157 Å². The second kappa shape index (κ2) is 7.15. The molecule has 1 N–H and O–H groups in total. The van der Waals surface area contributed by atoms with Gasteiger partial charge in [-0.1, -0.05) is 30.3 Å². The van der Waals surface area contributed by atoms with E-state index in [2.05, 4.69) is 41.2 Å². The van der Waals surface area contributed by atoms with E-state index in [9.17, 15) is 4.79 Å². The summed E-state index contributed by atoms with van der Waals surface area (Å²) < 4.78 is 0. The molecule has 0 amide bonds. The molecule has 3 aromatic heterocycles. The highest BCUT2D eigenvalue weighted by Gasteiger charge is 2.14. The number of thiophene rings is 2. The van der Waals surface area contributed by atoms with E-state index < -0.39 is 0 Å². The van der Waals surface area contributed by atoms with Crippen LogP contribution < -0.4 is 5.56 Å². The predicted octanol–water partition coefficient (Wildman–Crippen LogP) is 5.45. The van der Waals surface area contributed by atoms with Crippen LogP contribution in [0, 0.1) is 6.92 Å². The van der Waals surface area contributed by atoms with E-state index in [0.29, 0.717) is 11.1 Å². The van der Waals surface area contributed by atoms with Crippen LogP contribution >= 0.6 is 34.4 Å². The van der Waals surface area contributed by atoms with E-state index in [4.69, 9.17) is 0 Å². The van der Waals surface area contributed by atoms with Crippen LogP contribution in [0.5, 0.6) is 0 Å². The fourth-order valence-electron chi connectivity index (χ4n) is 2.66. The smallest absolute Gasteiger partial charge is 0.260 e. The number of H-pyrrole nitrogens is 1. The molecule has 0 aliphatic rings. The minimum absolute atomic E-state index is 0.0392. The summed E-state index contributed by atoms with van der Waals surface area (Å²) in [5.41, 5.74) is 2.24. The maximum absolute atomic E-state index is 12.6. The molecule has 0 saturated heterocycles. The van der Waals surface area contributed by atoms with Gasteiger partial charge in [0.15, 0.2) is 0 Å². The molecule has 4 rings (SSSR count). The SMILES string of the molecule is Cc1ccc(-c2csc3nc(CSCc4ccccc4)[nH]c(=O)c23)s1. The summed E-state index contributed by atoms with van der Waals surface area (Å²) in [5.74, 6) is 2.35. The Morgan fingerprint density at radius 3 is 2.72 bits per heavy atom. The average Bonchev–Trinajstić information content (AvgIpc) is 3.22. The number of benzene rings is 1. The van der Waals surface area contributed by atoms with Crippen LogP contribution in [0.1, 0.15) is 16.3 Å². The van der Waals surface area contributed by atoms with Gasteiger partial charge < -0.3 is 4.98 Å². The van der Waals surface area contributed by atoms with Crippen molar-refractivity contribution in [3.63, 3.8) is 0 Å². The second-order valence-electron chi connectivity index (χ2n) is 5.73. The molecule has 0 radical (unpaired) electrons. The van der Waals surface area contributed by atoms with Crippen LogP contribution in [0.4, 0.5) is 0 Å². The van der Waals surface area contributed by atoms with Crippen molar-refractivity contribution < 1.29 is 0 Å². The molecule has 0 unspecified atom stereocenters. The zero-order valence-electron chi connectivity index (χ0n) is 13.6. The van der Waals surface area contributed by atoms with E-state index >= 15 is 0 Å². The Balaban J connectivity index is 1.57. The molecule has 1 aromatic carbocycles. The normalized spacial score (nSPS) is 11.2. The van der Waals surface area contributed by atoms with Crippen LogP contribution in [0.2, 0.25) is 0 Å². The van der Waals surface area contributed by atoms with Gasteiger partial charge in [0.1, 0.15) is 10.7 Å². The first-order valence-electron chi connectivity index (χ1n) is 7.89. The van der Waals surface area contributed by atoms with Gasteiger partial charge in [-0.2, -0.15) is 0 Å². The highest BCUT2D eigenvalue weighted by atomic mass is 32.2. The minimum Gasteiger partial charge on any atom is -0.309 e. The maximum Gasteiger partial charge on any atom is 0.260 e. The minimum atomic E-state index is -0.0392. The van der Waals surface area contributed by atoms with Crippen LogP contribution in [0.15, 0.2) is 52.6 Å². The Morgan fingerprint density at radius 2 is 1.96 bits per heavy atom. The molecular formula is C19H16N2OS3. The van der Waals surface area contributed by atoms with Crippen molar-refractivity contribution in [2.24, 2.45) is 0 Å². The van der Waals surface area contributed by atoms with Crippen molar-refractivity contribution >= 4 is 44.7 Å². The molecule has 4 aromatic rings. The zero-order valence-corrected chi connectivity index (χ0v) is 16.1. The summed E-state index contributed by atoms with van der Waals surface area (Å²) >= 11 is 5.01. The first-order chi connectivity index (χ1) is 12.2. The van der Waals surface area contributed by atoms with Crippen molar-refractivity contribution in [2.45, 2.75) is 18.4 Å². The Bertz CT molecular complexity index is 1060. The lowest BCUT2D eigenvalue weighted by molar-refractivity contribution is 1.05. The third-order valence-electron chi connectivity index (χ3n) is 3.85. The highest BCUT2D eigenvalue weighted by Crippen LogP contribution is 2.35. The van der Waals surface area contributed by atoms with Gasteiger partial charge in [-0.15, -0.1) is 34.4 Å². The summed E-state index contributed by atoms with van der Waals surface area (Å²) in [6.45, 7) is 2.08. The molecule has 6 heteroatoms. The maximum atomic E-state index is 12.6. The Morgan fingerprint density at radius 1 is 1.12 bits per heavy atom. The molecule has 0 spiro atoms. The second-order valence-corrected chi connectivity index (χ2v) is 8.86. The lowest BCUT2D eigenvalue weighted by Gasteiger charge is -2.02. The fraction of sp³-hybridized carbons (Fsp3) is 0.158. The third kappa shape index (κ3) is 3.56. The summed E-state index contributed by atoms with van der Waals surface area (Å²) in [6, 6.07) is 14.5. The summed E-state index contributed by atoms with van der Waals surface area (Å²) in [6.07, 6.45) is 0. The van der Waals surface area contributed by atoms with Crippen LogP contribution in [-0.2, 0) is 11.5 Å². The third-order valence-corrected chi connectivity index (χ3v) is 6.77. The molecule has 0 aliphatic carbocycles. The van der Waals surface area contributed by atoms with E-state index in [1.165, 1.54) is 10.4 Å². The fourth-order valence-corrected chi connectivity index (χ4v) is 5.44. The lowest BCUT2D eigenvalue weighted by Crippen LogP contribution is -2.10. The molecule has 0 saturated carbocycles. The van der Waals surface area contributed by atoms with Crippen molar-refractivity contribution in [2.75, 3.05) is 0 Å². The van der Waals surface area contributed by atoms with Crippen LogP contribution in [0.3, 0.4) is 0 Å².